The van der Waals surface area contributed by atoms with E-state index in [0.717, 1.165) is 0 Å². The largest absolute Gasteiger partial charge is 0.497 e. The molecule has 1 aromatic carbocycles. The van der Waals surface area contributed by atoms with Gasteiger partial charge in [0.05, 0.1) is 14.2 Å². The Hall–Kier alpha value is -1.78. The van der Waals surface area contributed by atoms with Gasteiger partial charge in [0, 0.05) is 17.8 Å². The number of benzene rings is 1. The van der Waals surface area contributed by atoms with Crippen molar-refractivity contribution >= 4 is 11.7 Å². The summed E-state index contributed by atoms with van der Waals surface area (Å²) in [5.41, 5.74) is 0.485. The second kappa shape index (κ2) is 6.08. The van der Waals surface area contributed by atoms with E-state index in [1.165, 1.54) is 26.4 Å². The molecule has 1 atom stereocenters. The molecule has 0 spiro atoms. The zero-order chi connectivity index (χ0) is 12.8. The molecule has 4 nitrogen and oxygen atoms in total. The van der Waals surface area contributed by atoms with Crippen LogP contribution in [0.1, 0.15) is 13.3 Å². The number of esters is 1. The van der Waals surface area contributed by atoms with E-state index in [-0.39, 0.29) is 5.97 Å². The highest BCUT2D eigenvalue weighted by Crippen LogP contribution is 2.21. The van der Waals surface area contributed by atoms with E-state index in [4.69, 9.17) is 4.74 Å². The number of halogens is 1. The Morgan fingerprint density at radius 2 is 2.12 bits per heavy atom. The van der Waals surface area contributed by atoms with E-state index in [2.05, 4.69) is 10.1 Å². The zero-order valence-electron chi connectivity index (χ0n) is 10.1. The van der Waals surface area contributed by atoms with Gasteiger partial charge < -0.3 is 14.8 Å². The lowest BCUT2D eigenvalue weighted by atomic mass is 10.2. The van der Waals surface area contributed by atoms with E-state index < -0.39 is 11.9 Å². The maximum Gasteiger partial charge on any atom is 0.328 e. The molecule has 1 unspecified atom stereocenters. The maximum absolute atomic E-state index is 13.2. The number of hydrogen-bond acceptors (Lipinski definition) is 4. The molecular weight excluding hydrogens is 225 g/mol. The van der Waals surface area contributed by atoms with Gasteiger partial charge in [-0.3, -0.25) is 0 Å². The van der Waals surface area contributed by atoms with E-state index >= 15 is 0 Å². The lowest BCUT2D eigenvalue weighted by Gasteiger charge is -2.16. The van der Waals surface area contributed by atoms with Crippen LogP contribution in [0.3, 0.4) is 0 Å². The summed E-state index contributed by atoms with van der Waals surface area (Å²) in [5.74, 6) is -0.408. The molecule has 1 aromatic rings. The van der Waals surface area contributed by atoms with Gasteiger partial charge in [0.1, 0.15) is 17.6 Å². The summed E-state index contributed by atoms with van der Waals surface area (Å²) in [4.78, 5) is 11.4. The summed E-state index contributed by atoms with van der Waals surface area (Å²) in [7, 11) is 2.77. The molecule has 94 valence electrons. The number of methoxy groups -OCH3 is 2. The fourth-order valence-electron chi connectivity index (χ4n) is 1.44. The van der Waals surface area contributed by atoms with Gasteiger partial charge in [0.15, 0.2) is 0 Å². The molecule has 0 radical (unpaired) electrons. The molecule has 0 heterocycles. The van der Waals surface area contributed by atoms with Crippen LogP contribution < -0.4 is 10.1 Å². The number of rotatable bonds is 5. The van der Waals surface area contributed by atoms with Gasteiger partial charge in [0.2, 0.25) is 0 Å². The molecule has 5 heteroatoms. The summed E-state index contributed by atoms with van der Waals surface area (Å²) in [6.07, 6.45) is 0.547. The quantitative estimate of drug-likeness (QED) is 0.803. The van der Waals surface area contributed by atoms with Crippen LogP contribution in [-0.2, 0) is 9.53 Å². The Bertz CT molecular complexity index is 395. The van der Waals surface area contributed by atoms with Gasteiger partial charge in [-0.25, -0.2) is 9.18 Å². The average Bonchev–Trinajstić information content (AvgIpc) is 2.34. The molecule has 0 bridgehead atoms. The van der Waals surface area contributed by atoms with Crippen molar-refractivity contribution in [2.45, 2.75) is 19.4 Å². The van der Waals surface area contributed by atoms with Crippen LogP contribution in [-0.4, -0.2) is 26.2 Å². The minimum atomic E-state index is -0.494. The Kier molecular flexibility index (Phi) is 4.75. The zero-order valence-corrected chi connectivity index (χ0v) is 10.1. The summed E-state index contributed by atoms with van der Waals surface area (Å²) in [6.45, 7) is 1.84. The van der Waals surface area contributed by atoms with Gasteiger partial charge in [-0.05, 0) is 12.5 Å². The summed E-state index contributed by atoms with van der Waals surface area (Å²) >= 11 is 0. The van der Waals surface area contributed by atoms with Crippen molar-refractivity contribution in [1.29, 1.82) is 0 Å². The maximum atomic E-state index is 13.2. The van der Waals surface area contributed by atoms with Crippen LogP contribution in [0.2, 0.25) is 0 Å². The highest BCUT2D eigenvalue weighted by Gasteiger charge is 2.16. The van der Waals surface area contributed by atoms with Gasteiger partial charge in [-0.2, -0.15) is 0 Å². The summed E-state index contributed by atoms with van der Waals surface area (Å²) < 4.78 is 22.8. The first-order valence-electron chi connectivity index (χ1n) is 5.29. The lowest BCUT2D eigenvalue weighted by Crippen LogP contribution is -2.29. The molecule has 0 aliphatic carbocycles. The number of carbonyl (C=O) groups excluding carboxylic acids is 1. The molecule has 1 N–H and O–H groups in total. The molecule has 17 heavy (non-hydrogen) atoms. The fourth-order valence-corrected chi connectivity index (χ4v) is 1.44. The highest BCUT2D eigenvalue weighted by molar-refractivity contribution is 5.79. The van der Waals surface area contributed by atoms with E-state index in [1.54, 1.807) is 6.07 Å². The predicted molar refractivity (Wildman–Crippen MR) is 62.7 cm³/mol. The van der Waals surface area contributed by atoms with Crippen LogP contribution in [0.4, 0.5) is 10.1 Å². The molecule has 0 amide bonds. The number of carbonyl (C=O) groups is 1. The molecule has 0 aliphatic rings. The van der Waals surface area contributed by atoms with Crippen LogP contribution in [0.5, 0.6) is 5.75 Å². The second-order valence-corrected chi connectivity index (χ2v) is 3.51. The number of ether oxygens (including phenoxy) is 2. The van der Waals surface area contributed by atoms with E-state index in [9.17, 15) is 9.18 Å². The van der Waals surface area contributed by atoms with Gasteiger partial charge in [-0.15, -0.1) is 0 Å². The summed E-state index contributed by atoms with van der Waals surface area (Å²) in [6, 6.07) is 3.69. The van der Waals surface area contributed by atoms with E-state index in [1.807, 2.05) is 6.92 Å². The first kappa shape index (κ1) is 13.3. The van der Waals surface area contributed by atoms with Crippen molar-refractivity contribution in [3.63, 3.8) is 0 Å². The molecule has 0 aliphatic heterocycles. The highest BCUT2D eigenvalue weighted by atomic mass is 19.1. The van der Waals surface area contributed by atoms with Crippen molar-refractivity contribution in [3.05, 3.63) is 24.0 Å². The predicted octanol–water partition coefficient (Wildman–Crippen LogP) is 2.20. The van der Waals surface area contributed by atoms with Crippen molar-refractivity contribution in [1.82, 2.24) is 0 Å². The van der Waals surface area contributed by atoms with Crippen molar-refractivity contribution in [2.75, 3.05) is 19.5 Å². The van der Waals surface area contributed by atoms with E-state index in [0.29, 0.717) is 17.9 Å². The Balaban J connectivity index is 2.85. The van der Waals surface area contributed by atoms with Gasteiger partial charge in [0.25, 0.3) is 0 Å². The van der Waals surface area contributed by atoms with Crippen LogP contribution in [0, 0.1) is 5.82 Å². The molecule has 0 aromatic heterocycles. The first-order valence-corrected chi connectivity index (χ1v) is 5.29. The molecule has 0 saturated heterocycles. The lowest BCUT2D eigenvalue weighted by molar-refractivity contribution is -0.141. The number of hydrogen-bond donors (Lipinski definition) is 1. The second-order valence-electron chi connectivity index (χ2n) is 3.51. The molecule has 0 saturated carbocycles. The minimum Gasteiger partial charge on any atom is -0.497 e. The standard InChI is InChI=1S/C12H16FNO3/c1-4-11(12(15)17-3)14-9-5-8(13)6-10(7-9)16-2/h5-7,11,14H,4H2,1-3H3. The average molecular weight is 241 g/mol. The van der Waals surface area contributed by atoms with Crippen molar-refractivity contribution in [3.8, 4) is 5.75 Å². The molecular formula is C12H16FNO3. The van der Waals surface area contributed by atoms with Crippen molar-refractivity contribution < 1.29 is 18.7 Å². The topological polar surface area (TPSA) is 47.6 Å². The Morgan fingerprint density at radius 1 is 1.41 bits per heavy atom. The SMILES string of the molecule is CCC(Nc1cc(F)cc(OC)c1)C(=O)OC. The third kappa shape index (κ3) is 3.62. The van der Waals surface area contributed by atoms with Crippen LogP contribution in [0.25, 0.3) is 0 Å². The smallest absolute Gasteiger partial charge is 0.328 e. The minimum absolute atomic E-state index is 0.379. The van der Waals surface area contributed by atoms with Gasteiger partial charge in [-0.1, -0.05) is 6.92 Å². The number of anilines is 1. The normalized spacial score (nSPS) is 11.8. The van der Waals surface area contributed by atoms with Crippen LogP contribution >= 0.6 is 0 Å². The fraction of sp³-hybridized carbons (Fsp3) is 0.417. The van der Waals surface area contributed by atoms with Crippen LogP contribution in [0.15, 0.2) is 18.2 Å². The van der Waals surface area contributed by atoms with Gasteiger partial charge >= 0.3 is 5.97 Å². The Labute approximate surface area is 99.7 Å². The third-order valence-corrected chi connectivity index (χ3v) is 2.34. The summed E-state index contributed by atoms with van der Waals surface area (Å²) in [5, 5.41) is 2.90. The molecule has 0 fully saturated rings. The van der Waals surface area contributed by atoms with Crippen molar-refractivity contribution in [2.24, 2.45) is 0 Å². The first-order chi connectivity index (χ1) is 8.10. The third-order valence-electron chi connectivity index (χ3n) is 2.34. The Morgan fingerprint density at radius 3 is 2.65 bits per heavy atom. The monoisotopic (exact) mass is 241 g/mol. The molecule has 1 rings (SSSR count). The number of nitrogens with one attached hydrogen (secondary N) is 1.